The maximum atomic E-state index is 11.9. The van der Waals surface area contributed by atoms with Gasteiger partial charge in [0.15, 0.2) is 0 Å². The normalized spacial score (nSPS) is 12.1. The number of hydrogen-bond donors (Lipinski definition) is 0. The molecule has 168 valence electrons. The third-order valence-electron chi connectivity index (χ3n) is 5.23. The Morgan fingerprint density at radius 1 is 0.586 bits per heavy atom. The van der Waals surface area contributed by atoms with Gasteiger partial charge < -0.3 is 9.47 Å². The van der Waals surface area contributed by atoms with Crippen molar-refractivity contribution in [1.82, 2.24) is 0 Å². The van der Waals surface area contributed by atoms with Gasteiger partial charge in [-0.3, -0.25) is 19.2 Å². The second kappa shape index (κ2) is 13.8. The van der Waals surface area contributed by atoms with E-state index in [9.17, 15) is 19.2 Å². The monoisotopic (exact) mass is 412 g/mol. The highest BCUT2D eigenvalue weighted by Crippen LogP contribution is 2.17. The average Bonchev–Trinajstić information content (AvgIpc) is 2.60. The van der Waals surface area contributed by atoms with Crippen LogP contribution in [0.4, 0.5) is 0 Å². The SMILES string of the molecule is CC(=O)C(C)(C)COCCCC(=O)CCCC(=O)CCCOCC(C)(C)C(C)=O. The van der Waals surface area contributed by atoms with Crippen molar-refractivity contribution >= 4 is 23.1 Å². The van der Waals surface area contributed by atoms with E-state index in [2.05, 4.69) is 0 Å². The summed E-state index contributed by atoms with van der Waals surface area (Å²) in [5, 5.41) is 0. The lowest BCUT2D eigenvalue weighted by atomic mass is 9.90. The van der Waals surface area contributed by atoms with Crippen molar-refractivity contribution in [2.45, 2.75) is 86.5 Å². The minimum Gasteiger partial charge on any atom is -0.380 e. The molecule has 0 fully saturated rings. The summed E-state index contributed by atoms with van der Waals surface area (Å²) in [6.45, 7) is 12.1. The highest BCUT2D eigenvalue weighted by molar-refractivity contribution is 5.82. The predicted molar refractivity (Wildman–Crippen MR) is 113 cm³/mol. The van der Waals surface area contributed by atoms with E-state index in [4.69, 9.17) is 9.47 Å². The van der Waals surface area contributed by atoms with Crippen molar-refractivity contribution in [1.29, 1.82) is 0 Å². The summed E-state index contributed by atoms with van der Waals surface area (Å²) >= 11 is 0. The molecule has 0 aromatic carbocycles. The number of ether oxygens (including phenoxy) is 2. The molecule has 0 bridgehead atoms. The van der Waals surface area contributed by atoms with Crippen LogP contribution in [-0.4, -0.2) is 49.6 Å². The van der Waals surface area contributed by atoms with Crippen LogP contribution in [0.5, 0.6) is 0 Å². The first kappa shape index (κ1) is 27.6. The number of Topliss-reactive ketones (excluding diaryl/α,β-unsaturated/α-hetero) is 4. The minimum absolute atomic E-state index is 0.0877. The molecule has 0 aliphatic carbocycles. The van der Waals surface area contributed by atoms with Crippen LogP contribution in [0.1, 0.15) is 86.5 Å². The van der Waals surface area contributed by atoms with Gasteiger partial charge in [0.25, 0.3) is 0 Å². The Kier molecular flexibility index (Phi) is 13.1. The summed E-state index contributed by atoms with van der Waals surface area (Å²) in [5.74, 6) is 0.457. The number of hydrogen-bond acceptors (Lipinski definition) is 6. The molecule has 0 atom stereocenters. The molecular weight excluding hydrogens is 372 g/mol. The Bertz CT molecular complexity index is 500. The Labute approximate surface area is 176 Å². The predicted octanol–water partition coefficient (Wildman–Crippen LogP) is 4.12. The summed E-state index contributed by atoms with van der Waals surface area (Å²) in [7, 11) is 0. The zero-order chi connectivity index (χ0) is 22.5. The van der Waals surface area contributed by atoms with Crippen molar-refractivity contribution in [3.8, 4) is 0 Å². The van der Waals surface area contributed by atoms with Crippen LogP contribution < -0.4 is 0 Å². The fourth-order valence-corrected chi connectivity index (χ4v) is 2.33. The first-order valence-corrected chi connectivity index (χ1v) is 10.6. The molecule has 0 aromatic rings. The van der Waals surface area contributed by atoms with Crippen LogP contribution >= 0.6 is 0 Å². The van der Waals surface area contributed by atoms with E-state index >= 15 is 0 Å². The molecule has 0 aliphatic heterocycles. The highest BCUT2D eigenvalue weighted by atomic mass is 16.5. The number of ketones is 4. The van der Waals surface area contributed by atoms with Gasteiger partial charge in [-0.25, -0.2) is 0 Å². The molecule has 6 nitrogen and oxygen atoms in total. The molecule has 0 spiro atoms. The van der Waals surface area contributed by atoms with Gasteiger partial charge in [-0.15, -0.1) is 0 Å². The quantitative estimate of drug-likeness (QED) is 0.315. The molecule has 0 unspecified atom stereocenters. The van der Waals surface area contributed by atoms with Crippen LogP contribution in [0, 0.1) is 10.8 Å². The van der Waals surface area contributed by atoms with Gasteiger partial charge in [-0.1, -0.05) is 27.7 Å². The minimum atomic E-state index is -0.487. The molecule has 0 amide bonds. The molecule has 29 heavy (non-hydrogen) atoms. The fourth-order valence-electron chi connectivity index (χ4n) is 2.33. The highest BCUT2D eigenvalue weighted by Gasteiger charge is 2.24. The molecule has 6 heteroatoms. The lowest BCUT2D eigenvalue weighted by molar-refractivity contribution is -0.128. The Hall–Kier alpha value is -1.40. The van der Waals surface area contributed by atoms with Gasteiger partial charge in [0, 0.05) is 49.7 Å². The van der Waals surface area contributed by atoms with Gasteiger partial charge in [-0.05, 0) is 33.1 Å². The van der Waals surface area contributed by atoms with Gasteiger partial charge >= 0.3 is 0 Å². The van der Waals surface area contributed by atoms with E-state index in [1.165, 1.54) is 0 Å². The first-order chi connectivity index (χ1) is 13.4. The van der Waals surface area contributed by atoms with E-state index in [-0.39, 0.29) is 23.1 Å². The first-order valence-electron chi connectivity index (χ1n) is 10.6. The molecule has 0 aromatic heterocycles. The van der Waals surface area contributed by atoms with Crippen molar-refractivity contribution in [3.05, 3.63) is 0 Å². The van der Waals surface area contributed by atoms with Crippen molar-refractivity contribution in [2.24, 2.45) is 10.8 Å². The standard InChI is InChI=1S/C23H40O6/c1-18(24)22(3,4)16-28-14-8-12-20(26)10-7-11-21(27)13-9-15-29-17-23(5,6)19(2)25/h7-17H2,1-6H3. The maximum absolute atomic E-state index is 11.9. The summed E-state index contributed by atoms with van der Waals surface area (Å²) in [4.78, 5) is 46.5. The van der Waals surface area contributed by atoms with E-state index < -0.39 is 10.8 Å². The summed E-state index contributed by atoms with van der Waals surface area (Å²) in [6, 6.07) is 0. The average molecular weight is 413 g/mol. The second-order valence-corrected chi connectivity index (χ2v) is 9.12. The van der Waals surface area contributed by atoms with Crippen LogP contribution in [0.15, 0.2) is 0 Å². The van der Waals surface area contributed by atoms with Crippen molar-refractivity contribution in [3.63, 3.8) is 0 Å². The lowest BCUT2D eigenvalue weighted by Crippen LogP contribution is -2.27. The molecule has 0 saturated heterocycles. The van der Waals surface area contributed by atoms with Gasteiger partial charge in [0.05, 0.1) is 13.2 Å². The van der Waals surface area contributed by atoms with E-state index in [1.807, 2.05) is 27.7 Å². The number of rotatable bonds is 18. The number of carbonyl (C=O) groups is 4. The van der Waals surface area contributed by atoms with Gasteiger partial charge in [0.1, 0.15) is 23.1 Å². The van der Waals surface area contributed by atoms with E-state index in [0.717, 1.165) is 0 Å². The van der Waals surface area contributed by atoms with E-state index in [1.54, 1.807) is 13.8 Å². The van der Waals surface area contributed by atoms with Gasteiger partial charge in [0.2, 0.25) is 0 Å². The molecule has 0 aliphatic rings. The van der Waals surface area contributed by atoms with Crippen molar-refractivity contribution < 1.29 is 28.7 Å². The molecule has 0 heterocycles. The molecule has 0 rings (SSSR count). The second-order valence-electron chi connectivity index (χ2n) is 9.12. The van der Waals surface area contributed by atoms with E-state index in [0.29, 0.717) is 71.4 Å². The maximum Gasteiger partial charge on any atom is 0.137 e. The zero-order valence-corrected chi connectivity index (χ0v) is 19.2. The third kappa shape index (κ3) is 13.4. The Morgan fingerprint density at radius 2 is 0.897 bits per heavy atom. The van der Waals surface area contributed by atoms with Gasteiger partial charge in [-0.2, -0.15) is 0 Å². The topological polar surface area (TPSA) is 86.7 Å². The zero-order valence-electron chi connectivity index (χ0n) is 19.2. The Morgan fingerprint density at radius 3 is 1.21 bits per heavy atom. The molecule has 0 radical (unpaired) electrons. The van der Waals surface area contributed by atoms with Crippen LogP contribution in [-0.2, 0) is 28.7 Å². The van der Waals surface area contributed by atoms with Crippen molar-refractivity contribution in [2.75, 3.05) is 26.4 Å². The van der Waals surface area contributed by atoms with Crippen LogP contribution in [0.3, 0.4) is 0 Å². The molecule has 0 N–H and O–H groups in total. The van der Waals surface area contributed by atoms with Crippen LogP contribution in [0.2, 0.25) is 0 Å². The summed E-state index contributed by atoms with van der Waals surface area (Å²) < 4.78 is 11.0. The summed E-state index contributed by atoms with van der Waals surface area (Å²) in [5.41, 5.74) is -0.974. The summed E-state index contributed by atoms with van der Waals surface area (Å²) in [6.07, 6.45) is 3.54. The lowest BCUT2D eigenvalue weighted by Gasteiger charge is -2.20. The Balaban J connectivity index is 3.68. The fraction of sp³-hybridized carbons (Fsp3) is 0.826. The molecular formula is C23H40O6. The third-order valence-corrected chi connectivity index (χ3v) is 5.23. The molecule has 0 saturated carbocycles. The largest absolute Gasteiger partial charge is 0.380 e. The van der Waals surface area contributed by atoms with Crippen LogP contribution in [0.25, 0.3) is 0 Å². The number of carbonyl (C=O) groups excluding carboxylic acids is 4. The smallest absolute Gasteiger partial charge is 0.137 e.